The molecule has 3 aromatic rings. The minimum atomic E-state index is -1.21. The number of aryl methyl sites for hydroxylation is 1. The molecule has 0 amide bonds. The average molecular weight is 402 g/mol. The summed E-state index contributed by atoms with van der Waals surface area (Å²) in [6.45, 7) is 5.65. The molecule has 0 unspecified atom stereocenters. The fourth-order valence-corrected chi connectivity index (χ4v) is 4.94. The van der Waals surface area contributed by atoms with E-state index in [1.165, 1.54) is 46.0 Å². The first-order valence-corrected chi connectivity index (χ1v) is 9.68. The summed E-state index contributed by atoms with van der Waals surface area (Å²) < 4.78 is 15.6. The minimum Gasteiger partial charge on any atom is -0.476 e. The molecule has 2 heterocycles. The lowest BCUT2D eigenvalue weighted by atomic mass is 10.0. The number of nitriles is 1. The number of rotatable bonds is 5. The summed E-state index contributed by atoms with van der Waals surface area (Å²) in [5.74, 6) is -1.67. The van der Waals surface area contributed by atoms with Crippen LogP contribution in [0.25, 0.3) is 16.3 Å². The molecule has 0 spiro atoms. The maximum Gasteiger partial charge on any atom is 0.355 e. The number of halogens is 1. The van der Waals surface area contributed by atoms with E-state index in [0.717, 1.165) is 0 Å². The summed E-state index contributed by atoms with van der Waals surface area (Å²) in [6.07, 6.45) is 0. The average Bonchev–Trinajstić information content (AvgIpc) is 3.14. The van der Waals surface area contributed by atoms with Gasteiger partial charge in [-0.3, -0.25) is 0 Å². The van der Waals surface area contributed by atoms with Gasteiger partial charge in [-0.1, -0.05) is 37.3 Å². The van der Waals surface area contributed by atoms with E-state index in [1.54, 1.807) is 13.0 Å². The van der Waals surface area contributed by atoms with E-state index in [2.05, 4.69) is 10.1 Å². The van der Waals surface area contributed by atoms with Crippen LogP contribution in [0, 0.1) is 24.1 Å². The van der Waals surface area contributed by atoms with Gasteiger partial charge in [0.05, 0.1) is 5.69 Å². The molecule has 1 aromatic carbocycles. The number of benzene rings is 1. The van der Waals surface area contributed by atoms with E-state index < -0.39 is 11.8 Å². The number of carboxylic acids is 1. The predicted molar refractivity (Wildman–Crippen MR) is 102 cm³/mol. The van der Waals surface area contributed by atoms with E-state index >= 15 is 0 Å². The Balaban J connectivity index is 2.21. The van der Waals surface area contributed by atoms with Gasteiger partial charge in [0, 0.05) is 10.8 Å². The second-order valence-electron chi connectivity index (χ2n) is 5.95. The van der Waals surface area contributed by atoms with Crippen molar-refractivity contribution in [3.63, 3.8) is 0 Å². The van der Waals surface area contributed by atoms with Crippen LogP contribution in [-0.2, 0) is 0 Å². The van der Waals surface area contributed by atoms with Gasteiger partial charge in [-0.05, 0) is 24.6 Å². The normalized spacial score (nSPS) is 11.0. The van der Waals surface area contributed by atoms with Crippen molar-refractivity contribution in [3.8, 4) is 22.3 Å². The summed E-state index contributed by atoms with van der Waals surface area (Å²) in [4.78, 5) is 16.2. The van der Waals surface area contributed by atoms with Crippen molar-refractivity contribution in [1.29, 1.82) is 5.26 Å². The lowest BCUT2D eigenvalue weighted by molar-refractivity contribution is 0.0688. The Kier molecular flexibility index (Phi) is 5.30. The molecule has 0 aliphatic heterocycles. The van der Waals surface area contributed by atoms with E-state index in [0.29, 0.717) is 21.0 Å². The first-order chi connectivity index (χ1) is 12.8. The SMILES string of the molecule is Cc1nn(-c2nc(C#N)c(SC(C)C)s2)c(C(=O)O)c1-c1cccc(F)c1. The van der Waals surface area contributed by atoms with Gasteiger partial charge in [-0.15, -0.1) is 11.8 Å². The molecule has 3 rings (SSSR count). The molecular weight excluding hydrogens is 387 g/mol. The van der Waals surface area contributed by atoms with Gasteiger partial charge in [0.15, 0.2) is 11.4 Å². The quantitative estimate of drug-likeness (QED) is 0.631. The number of nitrogens with zero attached hydrogens (tertiary/aromatic N) is 4. The fraction of sp³-hybridized carbons (Fsp3) is 0.222. The van der Waals surface area contributed by atoms with Crippen LogP contribution in [0.5, 0.6) is 0 Å². The maximum absolute atomic E-state index is 13.6. The summed E-state index contributed by atoms with van der Waals surface area (Å²) >= 11 is 2.69. The van der Waals surface area contributed by atoms with Gasteiger partial charge in [-0.2, -0.15) is 15.0 Å². The van der Waals surface area contributed by atoms with Gasteiger partial charge in [0.1, 0.15) is 16.1 Å². The van der Waals surface area contributed by atoms with Crippen LogP contribution >= 0.6 is 23.1 Å². The molecule has 0 aliphatic rings. The van der Waals surface area contributed by atoms with Crippen LogP contribution < -0.4 is 0 Å². The molecule has 138 valence electrons. The van der Waals surface area contributed by atoms with Gasteiger partial charge in [0.25, 0.3) is 0 Å². The Morgan fingerprint density at radius 1 is 1.44 bits per heavy atom. The van der Waals surface area contributed by atoms with E-state index in [4.69, 9.17) is 0 Å². The lowest BCUT2D eigenvalue weighted by Gasteiger charge is -2.04. The number of thioether (sulfide) groups is 1. The van der Waals surface area contributed by atoms with Crippen LogP contribution in [-0.4, -0.2) is 31.1 Å². The highest BCUT2D eigenvalue weighted by molar-refractivity contribution is 8.01. The standard InChI is InChI=1S/C18H15FN4O2S2/c1-9(2)26-17-13(8-20)21-18(27-17)23-15(16(24)25)14(10(3)22-23)11-5-4-6-12(19)7-11/h4-7,9H,1-3H3,(H,24,25). The Morgan fingerprint density at radius 2 is 2.19 bits per heavy atom. The zero-order valence-electron chi connectivity index (χ0n) is 14.7. The zero-order chi connectivity index (χ0) is 19.7. The van der Waals surface area contributed by atoms with Crippen LogP contribution in [0.2, 0.25) is 0 Å². The van der Waals surface area contributed by atoms with Crippen LogP contribution in [0.1, 0.15) is 35.7 Å². The second kappa shape index (κ2) is 7.50. The molecule has 0 fully saturated rings. The predicted octanol–water partition coefficient (Wildman–Crippen LogP) is 4.51. The van der Waals surface area contributed by atoms with Crippen molar-refractivity contribution in [2.75, 3.05) is 0 Å². The molecule has 6 nitrogen and oxygen atoms in total. The third kappa shape index (κ3) is 3.72. The Hall–Kier alpha value is -2.70. The van der Waals surface area contributed by atoms with Gasteiger partial charge >= 0.3 is 5.97 Å². The monoisotopic (exact) mass is 402 g/mol. The molecule has 0 bridgehead atoms. The second-order valence-corrected chi connectivity index (χ2v) is 8.77. The molecule has 2 aromatic heterocycles. The summed E-state index contributed by atoms with van der Waals surface area (Å²) in [6, 6.07) is 7.75. The van der Waals surface area contributed by atoms with Crippen molar-refractivity contribution in [2.24, 2.45) is 0 Å². The molecule has 0 saturated carbocycles. The molecule has 27 heavy (non-hydrogen) atoms. The smallest absolute Gasteiger partial charge is 0.355 e. The minimum absolute atomic E-state index is 0.113. The highest BCUT2D eigenvalue weighted by atomic mass is 32.2. The fourth-order valence-electron chi connectivity index (χ4n) is 2.60. The maximum atomic E-state index is 13.6. The lowest BCUT2D eigenvalue weighted by Crippen LogP contribution is -2.09. The Labute approximate surface area is 163 Å². The Bertz CT molecular complexity index is 1070. The first kappa shape index (κ1) is 19.1. The van der Waals surface area contributed by atoms with Gasteiger partial charge < -0.3 is 5.11 Å². The molecule has 1 N–H and O–H groups in total. The highest BCUT2D eigenvalue weighted by Crippen LogP contribution is 2.36. The number of hydrogen-bond acceptors (Lipinski definition) is 6. The number of carboxylic acid groups (broad SMARTS) is 1. The van der Waals surface area contributed by atoms with Crippen LogP contribution in [0.15, 0.2) is 28.5 Å². The molecule has 0 saturated heterocycles. The molecule has 0 aliphatic carbocycles. The van der Waals surface area contributed by atoms with Crippen LogP contribution in [0.3, 0.4) is 0 Å². The van der Waals surface area contributed by atoms with Crippen molar-refractivity contribution in [2.45, 2.75) is 30.2 Å². The summed E-state index contributed by atoms with van der Waals surface area (Å²) in [5, 5.41) is 24.0. The van der Waals surface area contributed by atoms with Crippen molar-refractivity contribution in [3.05, 3.63) is 47.2 Å². The topological polar surface area (TPSA) is 91.8 Å². The largest absolute Gasteiger partial charge is 0.476 e. The summed E-state index contributed by atoms with van der Waals surface area (Å²) in [5.41, 5.74) is 1.31. The van der Waals surface area contributed by atoms with Crippen molar-refractivity contribution in [1.82, 2.24) is 14.8 Å². The van der Waals surface area contributed by atoms with Crippen molar-refractivity contribution < 1.29 is 14.3 Å². The molecule has 9 heteroatoms. The van der Waals surface area contributed by atoms with Gasteiger partial charge in [-0.25, -0.2) is 14.2 Å². The van der Waals surface area contributed by atoms with Gasteiger partial charge in [0.2, 0.25) is 5.13 Å². The number of hydrogen-bond donors (Lipinski definition) is 1. The summed E-state index contributed by atoms with van der Waals surface area (Å²) in [7, 11) is 0. The van der Waals surface area contributed by atoms with E-state index in [9.17, 15) is 19.6 Å². The Morgan fingerprint density at radius 3 is 2.78 bits per heavy atom. The van der Waals surface area contributed by atoms with Crippen LogP contribution in [0.4, 0.5) is 4.39 Å². The molecule has 0 atom stereocenters. The molecular formula is C18H15FN4O2S2. The highest BCUT2D eigenvalue weighted by Gasteiger charge is 2.26. The molecule has 0 radical (unpaired) electrons. The number of thiazole rings is 1. The van der Waals surface area contributed by atoms with Crippen molar-refractivity contribution >= 4 is 29.1 Å². The van der Waals surface area contributed by atoms with E-state index in [1.807, 2.05) is 19.9 Å². The van der Waals surface area contributed by atoms with E-state index in [-0.39, 0.29) is 21.8 Å². The zero-order valence-corrected chi connectivity index (χ0v) is 16.4. The first-order valence-electron chi connectivity index (χ1n) is 7.98. The number of carbonyl (C=O) groups is 1. The third-order valence-corrected chi connectivity index (χ3v) is 5.83. The number of aromatic nitrogens is 3. The third-order valence-electron chi connectivity index (χ3n) is 3.59. The number of aromatic carboxylic acids is 1.